The average molecular weight is 217 g/mol. The molecule has 1 N–H and O–H groups in total. The summed E-state index contributed by atoms with van der Waals surface area (Å²) in [4.78, 5) is 11.0. The molecule has 0 saturated carbocycles. The topological polar surface area (TPSA) is 42.2 Å². The molecule has 2 rings (SSSR count). The normalized spacial score (nSPS) is 11.2. The smallest absolute Gasteiger partial charge is 0.335 e. The molecule has 1 aromatic carbocycles. The number of carboxylic acids is 1. The average Bonchev–Trinajstić information content (AvgIpc) is 2.59. The summed E-state index contributed by atoms with van der Waals surface area (Å²) < 4.78 is 2.04. The molecule has 0 amide bonds. The highest BCUT2D eigenvalue weighted by Crippen LogP contribution is 2.27. The van der Waals surface area contributed by atoms with Crippen LogP contribution in [0.2, 0.25) is 0 Å². The van der Waals surface area contributed by atoms with Gasteiger partial charge in [-0.05, 0) is 29.7 Å². The molecule has 0 radical (unpaired) electrons. The highest BCUT2D eigenvalue weighted by atomic mass is 16.4. The number of fused-ring (bicyclic) bond motifs is 1. The zero-order chi connectivity index (χ0) is 11.9. The third-order valence-electron chi connectivity index (χ3n) is 2.87. The second-order valence-electron chi connectivity index (χ2n) is 4.39. The molecule has 3 heteroatoms. The van der Waals surface area contributed by atoms with E-state index in [2.05, 4.69) is 13.8 Å². The summed E-state index contributed by atoms with van der Waals surface area (Å²) in [6.07, 6.45) is 1.96. The van der Waals surface area contributed by atoms with Crippen LogP contribution in [0.25, 0.3) is 10.9 Å². The summed E-state index contributed by atoms with van der Waals surface area (Å²) in [6.45, 7) is 4.15. The van der Waals surface area contributed by atoms with Crippen LogP contribution in [0, 0.1) is 0 Å². The highest BCUT2D eigenvalue weighted by Gasteiger charge is 2.13. The minimum absolute atomic E-state index is 0.315. The number of aromatic carboxylic acids is 1. The van der Waals surface area contributed by atoms with Gasteiger partial charge < -0.3 is 9.67 Å². The summed E-state index contributed by atoms with van der Waals surface area (Å²) in [5.41, 5.74) is 2.57. The molecule has 1 aromatic heterocycles. The van der Waals surface area contributed by atoms with Crippen molar-refractivity contribution in [3.63, 3.8) is 0 Å². The van der Waals surface area contributed by atoms with Gasteiger partial charge in [-0.3, -0.25) is 0 Å². The maximum Gasteiger partial charge on any atom is 0.335 e. The zero-order valence-electron chi connectivity index (χ0n) is 9.69. The lowest BCUT2D eigenvalue weighted by atomic mass is 9.98. The van der Waals surface area contributed by atoms with Crippen molar-refractivity contribution in [2.75, 3.05) is 0 Å². The molecule has 2 aromatic rings. The lowest BCUT2D eigenvalue weighted by Gasteiger charge is -2.11. The van der Waals surface area contributed by atoms with E-state index < -0.39 is 5.97 Å². The van der Waals surface area contributed by atoms with Gasteiger partial charge in [-0.2, -0.15) is 0 Å². The van der Waals surface area contributed by atoms with Crippen LogP contribution < -0.4 is 0 Å². The Morgan fingerprint density at radius 2 is 2.06 bits per heavy atom. The van der Waals surface area contributed by atoms with Gasteiger partial charge in [-0.1, -0.05) is 13.8 Å². The predicted molar refractivity (Wildman–Crippen MR) is 64.0 cm³/mol. The molecule has 1 heterocycles. The minimum atomic E-state index is -0.868. The molecule has 0 aliphatic heterocycles. The molecule has 0 atom stereocenters. The molecule has 3 nitrogen and oxygen atoms in total. The van der Waals surface area contributed by atoms with E-state index in [1.807, 2.05) is 23.9 Å². The number of nitrogens with zero attached hydrogens (tertiary/aromatic N) is 1. The summed E-state index contributed by atoms with van der Waals surface area (Å²) in [5.74, 6) is -0.553. The summed E-state index contributed by atoms with van der Waals surface area (Å²) in [5, 5.41) is 10.0. The van der Waals surface area contributed by atoms with Crippen molar-refractivity contribution in [2.45, 2.75) is 19.8 Å². The second-order valence-corrected chi connectivity index (χ2v) is 4.39. The Morgan fingerprint density at radius 1 is 1.38 bits per heavy atom. The fourth-order valence-corrected chi connectivity index (χ4v) is 2.04. The molecule has 0 unspecified atom stereocenters. The highest BCUT2D eigenvalue weighted by molar-refractivity contribution is 5.95. The quantitative estimate of drug-likeness (QED) is 0.840. The van der Waals surface area contributed by atoms with Crippen molar-refractivity contribution >= 4 is 16.9 Å². The monoisotopic (exact) mass is 217 g/mol. The first-order valence-corrected chi connectivity index (χ1v) is 5.33. The van der Waals surface area contributed by atoms with Crippen LogP contribution in [-0.4, -0.2) is 15.6 Å². The Bertz CT molecular complexity index is 552. The van der Waals surface area contributed by atoms with Gasteiger partial charge >= 0.3 is 5.97 Å². The van der Waals surface area contributed by atoms with E-state index >= 15 is 0 Å². The zero-order valence-corrected chi connectivity index (χ0v) is 9.69. The van der Waals surface area contributed by atoms with Gasteiger partial charge in [0.2, 0.25) is 0 Å². The number of hydrogen-bond acceptors (Lipinski definition) is 1. The molecule has 0 bridgehead atoms. The lowest BCUT2D eigenvalue weighted by Crippen LogP contribution is -2.01. The minimum Gasteiger partial charge on any atom is -0.478 e. The van der Waals surface area contributed by atoms with Gasteiger partial charge in [-0.15, -0.1) is 0 Å². The standard InChI is InChI=1S/C13H15NO2/c1-8(2)11-7-10(13(15)16)6-9-4-5-14(3)12(9)11/h4-8H,1-3H3,(H,15,16). The number of benzene rings is 1. The van der Waals surface area contributed by atoms with Crippen LogP contribution in [0.15, 0.2) is 24.4 Å². The Kier molecular flexibility index (Phi) is 2.46. The fraction of sp³-hybridized carbons (Fsp3) is 0.308. The number of aromatic nitrogens is 1. The van der Waals surface area contributed by atoms with E-state index in [0.29, 0.717) is 11.5 Å². The first-order valence-electron chi connectivity index (χ1n) is 5.33. The van der Waals surface area contributed by atoms with Gasteiger partial charge in [0.15, 0.2) is 0 Å². The molecule has 0 aliphatic carbocycles. The molecule has 0 fully saturated rings. The molecule has 16 heavy (non-hydrogen) atoms. The molecule has 0 saturated heterocycles. The largest absolute Gasteiger partial charge is 0.478 e. The van der Waals surface area contributed by atoms with E-state index in [9.17, 15) is 4.79 Å². The first-order chi connectivity index (χ1) is 7.50. The Labute approximate surface area is 94.3 Å². The third-order valence-corrected chi connectivity index (χ3v) is 2.87. The summed E-state index contributed by atoms with van der Waals surface area (Å²) >= 11 is 0. The number of rotatable bonds is 2. The van der Waals surface area contributed by atoms with E-state index in [4.69, 9.17) is 5.11 Å². The van der Waals surface area contributed by atoms with E-state index in [0.717, 1.165) is 16.5 Å². The molecular weight excluding hydrogens is 202 g/mol. The number of aryl methyl sites for hydroxylation is 1. The van der Waals surface area contributed by atoms with Crippen LogP contribution in [0.5, 0.6) is 0 Å². The van der Waals surface area contributed by atoms with Crippen molar-refractivity contribution < 1.29 is 9.90 Å². The van der Waals surface area contributed by atoms with Gasteiger partial charge in [-0.25, -0.2) is 4.79 Å². The van der Waals surface area contributed by atoms with E-state index in [-0.39, 0.29) is 0 Å². The van der Waals surface area contributed by atoms with Gasteiger partial charge in [0.1, 0.15) is 0 Å². The van der Waals surface area contributed by atoms with Crippen LogP contribution in [0.1, 0.15) is 35.7 Å². The van der Waals surface area contributed by atoms with Crippen molar-refractivity contribution in [3.05, 3.63) is 35.5 Å². The van der Waals surface area contributed by atoms with Gasteiger partial charge in [0, 0.05) is 18.6 Å². The molecular formula is C13H15NO2. The summed E-state index contributed by atoms with van der Waals surface area (Å²) in [7, 11) is 1.98. The van der Waals surface area contributed by atoms with E-state index in [1.54, 1.807) is 12.1 Å². The van der Waals surface area contributed by atoms with E-state index in [1.165, 1.54) is 0 Å². The number of carboxylic acid groups (broad SMARTS) is 1. The Morgan fingerprint density at radius 3 is 2.62 bits per heavy atom. The first kappa shape index (κ1) is 10.7. The SMILES string of the molecule is CC(C)c1cc(C(=O)O)cc2ccn(C)c12. The van der Waals surface area contributed by atoms with Crippen molar-refractivity contribution in [2.24, 2.45) is 7.05 Å². The van der Waals surface area contributed by atoms with Gasteiger partial charge in [0.05, 0.1) is 11.1 Å². The summed E-state index contributed by atoms with van der Waals surface area (Å²) in [6, 6.07) is 5.45. The van der Waals surface area contributed by atoms with Crippen LogP contribution in [-0.2, 0) is 7.05 Å². The molecule has 84 valence electrons. The number of carbonyl (C=O) groups is 1. The van der Waals surface area contributed by atoms with Crippen LogP contribution in [0.3, 0.4) is 0 Å². The molecule has 0 spiro atoms. The van der Waals surface area contributed by atoms with Crippen molar-refractivity contribution in [1.82, 2.24) is 4.57 Å². The maximum absolute atomic E-state index is 11.0. The fourth-order valence-electron chi connectivity index (χ4n) is 2.04. The molecule has 0 aliphatic rings. The van der Waals surface area contributed by atoms with Crippen LogP contribution in [0.4, 0.5) is 0 Å². The predicted octanol–water partition coefficient (Wildman–Crippen LogP) is 3.00. The third kappa shape index (κ3) is 1.58. The van der Waals surface area contributed by atoms with Crippen molar-refractivity contribution in [1.29, 1.82) is 0 Å². The lowest BCUT2D eigenvalue weighted by molar-refractivity contribution is 0.0697. The second kappa shape index (κ2) is 3.67. The van der Waals surface area contributed by atoms with Gasteiger partial charge in [0.25, 0.3) is 0 Å². The van der Waals surface area contributed by atoms with Crippen LogP contribution >= 0.6 is 0 Å². The Hall–Kier alpha value is -1.77. The Balaban J connectivity index is 2.81. The number of hydrogen-bond donors (Lipinski definition) is 1. The maximum atomic E-state index is 11.0. The van der Waals surface area contributed by atoms with Crippen molar-refractivity contribution in [3.8, 4) is 0 Å².